The third-order valence-corrected chi connectivity index (χ3v) is 7.80. The second-order valence-corrected chi connectivity index (χ2v) is 12.3. The molecule has 0 radical (unpaired) electrons. The Morgan fingerprint density at radius 3 is 0.949 bits per heavy atom. The second-order valence-electron chi connectivity index (χ2n) is 12.3. The topological polar surface area (TPSA) is 158 Å². The lowest BCUT2D eigenvalue weighted by Crippen LogP contribution is -2.33. The molecule has 0 amide bonds. The van der Waals surface area contributed by atoms with Crippen molar-refractivity contribution >= 4 is 5.97 Å². The van der Waals surface area contributed by atoms with Crippen LogP contribution in [0, 0.1) is 29.1 Å². The fraction of sp³-hybridized carbons (Fsp3) is 0.816. The average Bonchev–Trinajstić information content (AvgIpc) is 3.25. The first-order valence-electron chi connectivity index (χ1n) is 19.9. The summed E-state index contributed by atoms with van der Waals surface area (Å²) in [5.41, 5.74) is 0. The van der Waals surface area contributed by atoms with E-state index >= 15 is 0 Å². The molecule has 1 aliphatic rings. The first-order chi connectivity index (χ1) is 28.9. The van der Waals surface area contributed by atoms with E-state index in [-0.39, 0.29) is 26.4 Å². The molecule has 1 aromatic rings. The Hall–Kier alpha value is -2.22. The van der Waals surface area contributed by atoms with E-state index in [4.69, 9.17) is 61.6 Å². The zero-order chi connectivity index (χ0) is 42.4. The van der Waals surface area contributed by atoms with Gasteiger partial charge in [0.05, 0.1) is 178 Å². The van der Waals surface area contributed by atoms with Gasteiger partial charge in [0.25, 0.3) is 0 Å². The molecule has 1 aliphatic heterocycles. The predicted octanol–water partition coefficient (Wildman–Crippen LogP) is 2.65. The summed E-state index contributed by atoms with van der Waals surface area (Å²) in [5.74, 6) is -14.1. The minimum atomic E-state index is -2.35. The molecule has 0 unspecified atom stereocenters. The first kappa shape index (κ1) is 52.9. The molecule has 1 saturated heterocycles. The Balaban J connectivity index is 1.17. The molecule has 1 aromatic carbocycles. The van der Waals surface area contributed by atoms with Crippen molar-refractivity contribution in [2.75, 3.05) is 178 Å². The van der Waals surface area contributed by atoms with Gasteiger partial charge in [0, 0.05) is 0 Å². The Bertz CT molecular complexity index is 1150. The van der Waals surface area contributed by atoms with E-state index in [0.29, 0.717) is 145 Å². The number of carbonyl (C=O) groups excluding carboxylic acids is 1. The molecule has 0 aliphatic carbocycles. The highest BCUT2D eigenvalue weighted by Crippen LogP contribution is 2.29. The van der Waals surface area contributed by atoms with E-state index in [2.05, 4.69) is 10.1 Å². The van der Waals surface area contributed by atoms with E-state index in [9.17, 15) is 26.7 Å². The molecule has 16 nitrogen and oxygen atoms in total. The van der Waals surface area contributed by atoms with Crippen LogP contribution in [0.2, 0.25) is 0 Å². The summed E-state index contributed by atoms with van der Waals surface area (Å²) in [6.07, 6.45) is 1.99. The van der Waals surface area contributed by atoms with Crippen molar-refractivity contribution in [2.45, 2.75) is 25.4 Å². The van der Waals surface area contributed by atoms with Crippen LogP contribution in [0.1, 0.15) is 19.3 Å². The van der Waals surface area contributed by atoms with Crippen molar-refractivity contribution in [3.05, 3.63) is 29.1 Å². The number of esters is 1. The maximum atomic E-state index is 13.6. The molecule has 1 fully saturated rings. The Labute approximate surface area is 342 Å². The molecular weight excluding hydrogens is 805 g/mol. The van der Waals surface area contributed by atoms with Crippen LogP contribution in [0.3, 0.4) is 0 Å². The van der Waals surface area contributed by atoms with Gasteiger partial charge in [-0.1, -0.05) is 0 Å². The monoisotopic (exact) mass is 867 g/mol. The molecule has 1 heterocycles. The van der Waals surface area contributed by atoms with Gasteiger partial charge in [-0.25, -0.2) is 13.2 Å². The van der Waals surface area contributed by atoms with Crippen molar-refractivity contribution < 1.29 is 93.1 Å². The average molecular weight is 868 g/mol. The van der Waals surface area contributed by atoms with Crippen LogP contribution in [0.5, 0.6) is 5.75 Å². The zero-order valence-corrected chi connectivity index (χ0v) is 33.8. The maximum Gasteiger partial charge on any atom is 0.313 e. The molecular formula is C38H62F5NO15. The third-order valence-electron chi connectivity index (χ3n) is 7.80. The Morgan fingerprint density at radius 2 is 0.644 bits per heavy atom. The highest BCUT2D eigenvalue weighted by molar-refractivity contribution is 5.72. The van der Waals surface area contributed by atoms with E-state index in [1.54, 1.807) is 0 Å². The van der Waals surface area contributed by atoms with E-state index in [0.717, 1.165) is 25.9 Å². The van der Waals surface area contributed by atoms with Gasteiger partial charge in [-0.05, 0) is 25.9 Å². The minimum Gasteiger partial charge on any atom is -0.420 e. The summed E-state index contributed by atoms with van der Waals surface area (Å²) in [7, 11) is 0. The van der Waals surface area contributed by atoms with Gasteiger partial charge in [0.2, 0.25) is 34.8 Å². The van der Waals surface area contributed by atoms with Crippen LogP contribution in [0.15, 0.2) is 0 Å². The molecule has 2 rings (SSSR count). The van der Waals surface area contributed by atoms with Crippen molar-refractivity contribution in [1.29, 1.82) is 0 Å². The number of hydrogen-bond donors (Lipinski definition) is 1. The standard InChI is InChI=1S/C38H62F5NO15/c39-33-34(40)36(42)38(37(43)35(33)41)59-32(45)3-6-46-7-8-47-9-10-48-11-12-49-13-14-50-15-16-51-17-18-52-19-20-53-21-22-54-23-24-55-25-26-56-27-28-57-29-30-58-31-1-4-44-5-2-31/h31,44H,1-30H2. The molecule has 0 aromatic heterocycles. The lowest BCUT2D eigenvalue weighted by molar-refractivity contribution is -0.136. The SMILES string of the molecule is O=C(CCOCCOCCOCCOCCOCCOCCOCCOCCOCCOCCOCCOCCOC1CCNCC1)Oc1c(F)c(F)c(F)c(F)c1F. The van der Waals surface area contributed by atoms with Crippen LogP contribution in [0.25, 0.3) is 0 Å². The summed E-state index contributed by atoms with van der Waals surface area (Å²) in [4.78, 5) is 11.7. The van der Waals surface area contributed by atoms with Crippen LogP contribution in [-0.2, 0) is 66.4 Å². The second kappa shape index (κ2) is 37.5. The largest absolute Gasteiger partial charge is 0.420 e. The zero-order valence-electron chi connectivity index (χ0n) is 33.8. The third kappa shape index (κ3) is 28.1. The summed E-state index contributed by atoms with van der Waals surface area (Å²) >= 11 is 0. The maximum absolute atomic E-state index is 13.6. The lowest BCUT2D eigenvalue weighted by atomic mass is 10.1. The van der Waals surface area contributed by atoms with E-state index in [1.807, 2.05) is 0 Å². The smallest absolute Gasteiger partial charge is 0.313 e. The molecule has 21 heteroatoms. The van der Waals surface area contributed by atoms with Gasteiger partial charge >= 0.3 is 5.97 Å². The van der Waals surface area contributed by atoms with Gasteiger partial charge in [0.1, 0.15) is 0 Å². The highest BCUT2D eigenvalue weighted by atomic mass is 19.2. The van der Waals surface area contributed by atoms with Crippen LogP contribution in [-0.4, -0.2) is 190 Å². The molecule has 0 spiro atoms. The van der Waals surface area contributed by atoms with Gasteiger partial charge in [-0.2, -0.15) is 8.78 Å². The highest BCUT2D eigenvalue weighted by Gasteiger charge is 2.28. The van der Waals surface area contributed by atoms with Crippen LogP contribution >= 0.6 is 0 Å². The van der Waals surface area contributed by atoms with E-state index in [1.165, 1.54) is 0 Å². The van der Waals surface area contributed by atoms with Crippen LogP contribution in [0.4, 0.5) is 22.0 Å². The molecule has 0 bridgehead atoms. The number of hydrogen-bond acceptors (Lipinski definition) is 16. The molecule has 1 N–H and O–H groups in total. The molecule has 344 valence electrons. The number of nitrogens with one attached hydrogen (secondary N) is 1. The molecule has 0 atom stereocenters. The van der Waals surface area contributed by atoms with Gasteiger partial charge in [-0.3, -0.25) is 4.79 Å². The van der Waals surface area contributed by atoms with Crippen molar-refractivity contribution in [3.8, 4) is 5.75 Å². The Kier molecular flexibility index (Phi) is 33.7. The van der Waals surface area contributed by atoms with Crippen LogP contribution < -0.4 is 10.1 Å². The quantitative estimate of drug-likeness (QED) is 0.0256. The molecule has 59 heavy (non-hydrogen) atoms. The number of halogens is 5. The number of piperidine rings is 1. The first-order valence-corrected chi connectivity index (χ1v) is 19.9. The minimum absolute atomic E-state index is 0.0781. The summed E-state index contributed by atoms with van der Waals surface area (Å²) in [5, 5.41) is 3.32. The Morgan fingerprint density at radius 1 is 0.390 bits per heavy atom. The summed E-state index contributed by atoms with van der Waals surface area (Å²) < 4.78 is 142. The fourth-order valence-corrected chi connectivity index (χ4v) is 4.75. The lowest BCUT2D eigenvalue weighted by Gasteiger charge is -2.22. The number of ether oxygens (including phenoxy) is 14. The predicted molar refractivity (Wildman–Crippen MR) is 198 cm³/mol. The summed E-state index contributed by atoms with van der Waals surface area (Å²) in [6.45, 7) is 12.1. The van der Waals surface area contributed by atoms with Gasteiger partial charge in [-0.15, -0.1) is 0 Å². The summed E-state index contributed by atoms with van der Waals surface area (Å²) in [6, 6.07) is 0. The fourth-order valence-electron chi connectivity index (χ4n) is 4.75. The number of carbonyl (C=O) groups is 1. The van der Waals surface area contributed by atoms with Crippen molar-refractivity contribution in [2.24, 2.45) is 0 Å². The van der Waals surface area contributed by atoms with Crippen molar-refractivity contribution in [3.63, 3.8) is 0 Å². The number of benzene rings is 1. The number of rotatable bonds is 41. The van der Waals surface area contributed by atoms with Gasteiger partial charge in [0.15, 0.2) is 0 Å². The normalized spacial score (nSPS) is 13.4. The van der Waals surface area contributed by atoms with E-state index < -0.39 is 47.2 Å². The van der Waals surface area contributed by atoms with Crippen molar-refractivity contribution in [1.82, 2.24) is 5.32 Å². The van der Waals surface area contributed by atoms with Gasteiger partial charge < -0.3 is 71.6 Å². The molecule has 0 saturated carbocycles.